The van der Waals surface area contributed by atoms with Crippen LogP contribution in [0.4, 0.5) is 0 Å². The SMILES string of the molecule is Cc1cccc(COc2cccc(I)c2)c1. The third kappa shape index (κ3) is 3.23. The predicted octanol–water partition coefficient (Wildman–Crippen LogP) is 4.18. The molecule has 2 rings (SSSR count). The summed E-state index contributed by atoms with van der Waals surface area (Å²) in [4.78, 5) is 0. The zero-order valence-electron chi connectivity index (χ0n) is 9.11. The van der Waals surface area contributed by atoms with Gasteiger partial charge in [-0.1, -0.05) is 35.9 Å². The zero-order chi connectivity index (χ0) is 11.4. The fraction of sp³-hybridized carbons (Fsp3) is 0.143. The van der Waals surface area contributed by atoms with Crippen LogP contribution in [0.25, 0.3) is 0 Å². The molecule has 0 aromatic heterocycles. The summed E-state index contributed by atoms with van der Waals surface area (Å²) < 4.78 is 6.92. The Morgan fingerprint density at radius 3 is 2.62 bits per heavy atom. The molecular weight excluding hydrogens is 311 g/mol. The van der Waals surface area contributed by atoms with Gasteiger partial charge < -0.3 is 4.74 Å². The minimum Gasteiger partial charge on any atom is -0.489 e. The van der Waals surface area contributed by atoms with Crippen LogP contribution in [0.1, 0.15) is 11.1 Å². The summed E-state index contributed by atoms with van der Waals surface area (Å²) in [6.45, 7) is 2.72. The van der Waals surface area contributed by atoms with Crippen molar-refractivity contribution >= 4 is 22.6 Å². The largest absolute Gasteiger partial charge is 0.489 e. The number of rotatable bonds is 3. The first kappa shape index (κ1) is 11.5. The van der Waals surface area contributed by atoms with Crippen LogP contribution in [0.5, 0.6) is 5.75 Å². The van der Waals surface area contributed by atoms with E-state index in [-0.39, 0.29) is 0 Å². The summed E-state index contributed by atoms with van der Waals surface area (Å²) >= 11 is 2.29. The van der Waals surface area contributed by atoms with Crippen molar-refractivity contribution in [3.05, 3.63) is 63.2 Å². The average molecular weight is 324 g/mol. The third-order valence-corrected chi connectivity index (χ3v) is 2.96. The molecule has 0 spiro atoms. The maximum atomic E-state index is 5.72. The van der Waals surface area contributed by atoms with E-state index in [2.05, 4.69) is 59.8 Å². The molecule has 0 N–H and O–H groups in total. The van der Waals surface area contributed by atoms with Crippen LogP contribution >= 0.6 is 22.6 Å². The van der Waals surface area contributed by atoms with Crippen LogP contribution in [-0.2, 0) is 6.61 Å². The Balaban J connectivity index is 2.02. The van der Waals surface area contributed by atoms with E-state index < -0.39 is 0 Å². The Hall–Kier alpha value is -1.03. The molecular formula is C14H13IO. The van der Waals surface area contributed by atoms with Crippen LogP contribution in [0.15, 0.2) is 48.5 Å². The number of hydrogen-bond acceptors (Lipinski definition) is 1. The Labute approximate surface area is 110 Å². The van der Waals surface area contributed by atoms with Crippen molar-refractivity contribution in [2.75, 3.05) is 0 Å². The molecule has 0 amide bonds. The standard InChI is InChI=1S/C14H13IO/c1-11-4-2-5-12(8-11)10-16-14-7-3-6-13(15)9-14/h2-9H,10H2,1H3. The monoisotopic (exact) mass is 324 g/mol. The maximum absolute atomic E-state index is 5.72. The van der Waals surface area contributed by atoms with E-state index in [1.807, 2.05) is 18.2 Å². The van der Waals surface area contributed by atoms with Crippen LogP contribution in [0.3, 0.4) is 0 Å². The van der Waals surface area contributed by atoms with Gasteiger partial charge in [0, 0.05) is 3.57 Å². The predicted molar refractivity (Wildman–Crippen MR) is 74.7 cm³/mol. The first-order chi connectivity index (χ1) is 7.74. The van der Waals surface area contributed by atoms with Crippen molar-refractivity contribution in [2.24, 2.45) is 0 Å². The molecule has 82 valence electrons. The lowest BCUT2D eigenvalue weighted by atomic mass is 10.1. The van der Waals surface area contributed by atoms with Crippen LogP contribution in [0.2, 0.25) is 0 Å². The average Bonchev–Trinajstić information content (AvgIpc) is 2.27. The highest BCUT2D eigenvalue weighted by Gasteiger charge is 1.96. The zero-order valence-corrected chi connectivity index (χ0v) is 11.3. The Morgan fingerprint density at radius 2 is 1.88 bits per heavy atom. The summed E-state index contributed by atoms with van der Waals surface area (Å²) in [7, 11) is 0. The van der Waals surface area contributed by atoms with Crippen molar-refractivity contribution in [1.82, 2.24) is 0 Å². The molecule has 0 saturated carbocycles. The van der Waals surface area contributed by atoms with Crippen LogP contribution < -0.4 is 4.74 Å². The fourth-order valence-corrected chi connectivity index (χ4v) is 2.04. The molecule has 0 aliphatic carbocycles. The molecule has 0 saturated heterocycles. The van der Waals surface area contributed by atoms with E-state index in [0.29, 0.717) is 6.61 Å². The molecule has 0 fully saturated rings. The van der Waals surface area contributed by atoms with Gasteiger partial charge in [-0.25, -0.2) is 0 Å². The van der Waals surface area contributed by atoms with Gasteiger partial charge in [-0.15, -0.1) is 0 Å². The minimum atomic E-state index is 0.627. The van der Waals surface area contributed by atoms with E-state index in [9.17, 15) is 0 Å². The number of benzene rings is 2. The molecule has 0 aliphatic rings. The number of aryl methyl sites for hydroxylation is 1. The molecule has 0 heterocycles. The first-order valence-corrected chi connectivity index (χ1v) is 6.26. The van der Waals surface area contributed by atoms with E-state index in [1.54, 1.807) is 0 Å². The molecule has 0 bridgehead atoms. The van der Waals surface area contributed by atoms with Gasteiger partial charge in [0.1, 0.15) is 12.4 Å². The molecule has 16 heavy (non-hydrogen) atoms. The van der Waals surface area contributed by atoms with E-state index in [4.69, 9.17) is 4.74 Å². The number of hydrogen-bond donors (Lipinski definition) is 0. The molecule has 0 unspecified atom stereocenters. The van der Waals surface area contributed by atoms with Crippen molar-refractivity contribution in [1.29, 1.82) is 0 Å². The van der Waals surface area contributed by atoms with Crippen LogP contribution in [0, 0.1) is 10.5 Å². The number of halogens is 1. The lowest BCUT2D eigenvalue weighted by Gasteiger charge is -2.07. The molecule has 0 radical (unpaired) electrons. The van der Waals surface area contributed by atoms with Gasteiger partial charge in [0.05, 0.1) is 0 Å². The summed E-state index contributed by atoms with van der Waals surface area (Å²) in [5, 5.41) is 0. The molecule has 1 nitrogen and oxygen atoms in total. The van der Waals surface area contributed by atoms with Gasteiger partial charge in [-0.2, -0.15) is 0 Å². The first-order valence-electron chi connectivity index (χ1n) is 5.18. The van der Waals surface area contributed by atoms with Crippen molar-refractivity contribution in [2.45, 2.75) is 13.5 Å². The van der Waals surface area contributed by atoms with Gasteiger partial charge in [0.25, 0.3) is 0 Å². The summed E-state index contributed by atoms with van der Waals surface area (Å²) in [5.74, 6) is 0.924. The molecule has 2 heteroatoms. The van der Waals surface area contributed by atoms with Crippen molar-refractivity contribution < 1.29 is 4.74 Å². The molecule has 0 aliphatic heterocycles. The summed E-state index contributed by atoms with van der Waals surface area (Å²) in [6.07, 6.45) is 0. The second-order valence-electron chi connectivity index (χ2n) is 3.74. The van der Waals surface area contributed by atoms with Crippen molar-refractivity contribution in [3.8, 4) is 5.75 Å². The van der Waals surface area contributed by atoms with E-state index in [0.717, 1.165) is 5.75 Å². The molecule has 2 aromatic rings. The van der Waals surface area contributed by atoms with Gasteiger partial charge in [0.15, 0.2) is 0 Å². The summed E-state index contributed by atoms with van der Waals surface area (Å²) in [5.41, 5.74) is 2.47. The lowest BCUT2D eigenvalue weighted by molar-refractivity contribution is 0.306. The van der Waals surface area contributed by atoms with E-state index >= 15 is 0 Å². The Morgan fingerprint density at radius 1 is 1.06 bits per heavy atom. The second-order valence-corrected chi connectivity index (χ2v) is 4.98. The van der Waals surface area contributed by atoms with Crippen LogP contribution in [-0.4, -0.2) is 0 Å². The van der Waals surface area contributed by atoms with Gasteiger partial charge >= 0.3 is 0 Å². The highest BCUT2D eigenvalue weighted by atomic mass is 127. The second kappa shape index (κ2) is 5.34. The van der Waals surface area contributed by atoms with Crippen molar-refractivity contribution in [3.63, 3.8) is 0 Å². The Bertz CT molecular complexity index is 434. The molecule has 0 atom stereocenters. The molecule has 2 aromatic carbocycles. The third-order valence-electron chi connectivity index (χ3n) is 2.28. The lowest BCUT2D eigenvalue weighted by Crippen LogP contribution is -1.95. The minimum absolute atomic E-state index is 0.627. The topological polar surface area (TPSA) is 9.23 Å². The van der Waals surface area contributed by atoms with Gasteiger partial charge in [0.2, 0.25) is 0 Å². The normalized spacial score (nSPS) is 10.1. The highest BCUT2D eigenvalue weighted by molar-refractivity contribution is 14.1. The number of ether oxygens (including phenoxy) is 1. The van der Waals surface area contributed by atoms with Gasteiger partial charge in [-0.3, -0.25) is 0 Å². The quantitative estimate of drug-likeness (QED) is 0.770. The van der Waals surface area contributed by atoms with Gasteiger partial charge in [-0.05, 0) is 53.3 Å². The Kier molecular flexibility index (Phi) is 3.83. The fourth-order valence-electron chi connectivity index (χ4n) is 1.53. The maximum Gasteiger partial charge on any atom is 0.120 e. The van der Waals surface area contributed by atoms with E-state index in [1.165, 1.54) is 14.7 Å². The highest BCUT2D eigenvalue weighted by Crippen LogP contribution is 2.16. The smallest absolute Gasteiger partial charge is 0.120 e. The summed E-state index contributed by atoms with van der Waals surface area (Å²) in [6, 6.07) is 16.5.